The zero-order valence-corrected chi connectivity index (χ0v) is 12.0. The number of carbonyl (C=O) groups excluding carboxylic acids is 1. The minimum atomic E-state index is -4.41. The lowest BCUT2D eigenvalue weighted by Gasteiger charge is -2.17. The quantitative estimate of drug-likeness (QED) is 0.779. The molecule has 1 aliphatic rings. The number of Topliss-reactive ketones (excluding diaryl/α,β-unsaturated/α-hetero) is 1. The van der Waals surface area contributed by atoms with Gasteiger partial charge in [0, 0.05) is 11.1 Å². The molecule has 0 aliphatic heterocycles. The van der Waals surface area contributed by atoms with E-state index in [1.54, 1.807) is 6.07 Å². The first-order valence-electron chi connectivity index (χ1n) is 7.09. The standard InChI is InChI=1S/C18H13F3O2/c19-18(20,21)14-3-1-2-11(9-14)8-13-5-4-12-6-7-15(22)10-16(12)17(13)23/h1-3,6-10,22H,4-5H2/b13-8+. The van der Waals surface area contributed by atoms with Crippen molar-refractivity contribution in [1.82, 2.24) is 0 Å². The van der Waals surface area contributed by atoms with Crippen LogP contribution in [-0.2, 0) is 12.6 Å². The zero-order valence-electron chi connectivity index (χ0n) is 12.0. The molecule has 1 aliphatic carbocycles. The predicted octanol–water partition coefficient (Wildman–Crippen LogP) is 4.62. The maximum absolute atomic E-state index is 12.7. The maximum atomic E-state index is 12.7. The molecule has 0 atom stereocenters. The van der Waals surface area contributed by atoms with Crippen molar-refractivity contribution >= 4 is 11.9 Å². The molecule has 0 amide bonds. The molecule has 3 rings (SSSR count). The molecular formula is C18H13F3O2. The van der Waals surface area contributed by atoms with Crippen LogP contribution in [0.5, 0.6) is 5.75 Å². The van der Waals surface area contributed by atoms with Crippen LogP contribution in [-0.4, -0.2) is 10.9 Å². The number of allylic oxidation sites excluding steroid dienone is 1. The number of halogens is 3. The summed E-state index contributed by atoms with van der Waals surface area (Å²) in [6, 6.07) is 9.50. The highest BCUT2D eigenvalue weighted by atomic mass is 19.4. The van der Waals surface area contributed by atoms with Gasteiger partial charge in [-0.2, -0.15) is 13.2 Å². The number of hydrogen-bond acceptors (Lipinski definition) is 2. The Balaban J connectivity index is 1.97. The van der Waals surface area contributed by atoms with Crippen molar-refractivity contribution in [3.63, 3.8) is 0 Å². The maximum Gasteiger partial charge on any atom is 0.416 e. The summed E-state index contributed by atoms with van der Waals surface area (Å²) in [6.45, 7) is 0. The topological polar surface area (TPSA) is 37.3 Å². The van der Waals surface area contributed by atoms with Gasteiger partial charge in [-0.1, -0.05) is 18.2 Å². The average molecular weight is 318 g/mol. The summed E-state index contributed by atoms with van der Waals surface area (Å²) in [4.78, 5) is 12.5. The second kappa shape index (κ2) is 5.57. The molecule has 0 spiro atoms. The molecule has 0 heterocycles. The van der Waals surface area contributed by atoms with Gasteiger partial charge >= 0.3 is 6.18 Å². The number of phenolic OH excluding ortho intramolecular Hbond substituents is 1. The van der Waals surface area contributed by atoms with Crippen LogP contribution < -0.4 is 0 Å². The van der Waals surface area contributed by atoms with Gasteiger partial charge in [-0.25, -0.2) is 0 Å². The van der Waals surface area contributed by atoms with Gasteiger partial charge in [0.15, 0.2) is 5.78 Å². The number of fused-ring (bicyclic) bond motifs is 1. The molecule has 1 N–H and O–H groups in total. The lowest BCUT2D eigenvalue weighted by atomic mass is 9.86. The number of aryl methyl sites for hydroxylation is 1. The van der Waals surface area contributed by atoms with Crippen molar-refractivity contribution < 1.29 is 23.1 Å². The van der Waals surface area contributed by atoms with Crippen LogP contribution in [0.4, 0.5) is 13.2 Å². The second-order valence-electron chi connectivity index (χ2n) is 5.46. The first-order chi connectivity index (χ1) is 10.8. The van der Waals surface area contributed by atoms with Crippen LogP contribution in [0.2, 0.25) is 0 Å². The van der Waals surface area contributed by atoms with E-state index in [0.717, 1.165) is 17.7 Å². The van der Waals surface area contributed by atoms with Gasteiger partial charge in [0.1, 0.15) is 5.75 Å². The molecule has 23 heavy (non-hydrogen) atoms. The van der Waals surface area contributed by atoms with Crippen molar-refractivity contribution in [3.05, 3.63) is 70.3 Å². The van der Waals surface area contributed by atoms with Gasteiger partial charge in [0.2, 0.25) is 0 Å². The van der Waals surface area contributed by atoms with Crippen molar-refractivity contribution in [2.45, 2.75) is 19.0 Å². The van der Waals surface area contributed by atoms with E-state index in [2.05, 4.69) is 0 Å². The van der Waals surface area contributed by atoms with Crippen LogP contribution in [0.1, 0.15) is 33.5 Å². The largest absolute Gasteiger partial charge is 0.508 e. The number of rotatable bonds is 1. The van der Waals surface area contributed by atoms with E-state index in [-0.39, 0.29) is 11.5 Å². The van der Waals surface area contributed by atoms with E-state index in [1.807, 2.05) is 0 Å². The molecular weight excluding hydrogens is 305 g/mol. The first kappa shape index (κ1) is 15.3. The molecule has 0 saturated heterocycles. The molecule has 5 heteroatoms. The molecule has 2 nitrogen and oxygen atoms in total. The second-order valence-corrected chi connectivity index (χ2v) is 5.46. The number of benzene rings is 2. The number of phenols is 1. The lowest BCUT2D eigenvalue weighted by Crippen LogP contribution is -2.14. The molecule has 0 fully saturated rings. The van der Waals surface area contributed by atoms with Crippen molar-refractivity contribution in [2.75, 3.05) is 0 Å². The third kappa shape index (κ3) is 3.13. The van der Waals surface area contributed by atoms with E-state index in [0.29, 0.717) is 29.5 Å². The minimum absolute atomic E-state index is 0.00239. The van der Waals surface area contributed by atoms with Gasteiger partial charge in [-0.05, 0) is 54.3 Å². The van der Waals surface area contributed by atoms with E-state index in [1.165, 1.54) is 30.3 Å². The normalized spacial score (nSPS) is 16.5. The van der Waals surface area contributed by atoms with E-state index in [9.17, 15) is 23.1 Å². The fraction of sp³-hybridized carbons (Fsp3) is 0.167. The van der Waals surface area contributed by atoms with Gasteiger partial charge in [0.05, 0.1) is 5.56 Å². The Morgan fingerprint density at radius 1 is 1.04 bits per heavy atom. The van der Waals surface area contributed by atoms with E-state index >= 15 is 0 Å². The van der Waals surface area contributed by atoms with Crippen molar-refractivity contribution in [2.24, 2.45) is 0 Å². The highest BCUT2D eigenvalue weighted by Crippen LogP contribution is 2.32. The molecule has 0 saturated carbocycles. The summed E-state index contributed by atoms with van der Waals surface area (Å²) >= 11 is 0. The van der Waals surface area contributed by atoms with Crippen LogP contribution in [0.3, 0.4) is 0 Å². The third-order valence-electron chi connectivity index (χ3n) is 3.85. The molecule has 118 valence electrons. The first-order valence-corrected chi connectivity index (χ1v) is 7.09. The van der Waals surface area contributed by atoms with Crippen LogP contribution in [0.25, 0.3) is 6.08 Å². The van der Waals surface area contributed by atoms with Gasteiger partial charge in [0.25, 0.3) is 0 Å². The average Bonchev–Trinajstić information content (AvgIpc) is 2.50. The SMILES string of the molecule is O=C1/C(=C/c2cccc(C(F)(F)F)c2)CCc2ccc(O)cc21. The van der Waals surface area contributed by atoms with Crippen LogP contribution in [0, 0.1) is 0 Å². The highest BCUT2D eigenvalue weighted by molar-refractivity contribution is 6.13. The number of hydrogen-bond donors (Lipinski definition) is 1. The Hall–Kier alpha value is -2.56. The van der Waals surface area contributed by atoms with E-state index in [4.69, 9.17) is 0 Å². The number of aromatic hydroxyl groups is 1. The number of ketones is 1. The van der Waals surface area contributed by atoms with Crippen LogP contribution >= 0.6 is 0 Å². The Bertz CT molecular complexity index is 804. The summed E-state index contributed by atoms with van der Waals surface area (Å²) in [5.41, 5.74) is 1.30. The van der Waals surface area contributed by atoms with Gasteiger partial charge in [-0.3, -0.25) is 4.79 Å². The third-order valence-corrected chi connectivity index (χ3v) is 3.85. The summed E-state index contributed by atoms with van der Waals surface area (Å²) in [6.07, 6.45) is -1.84. The Kier molecular flexibility index (Phi) is 3.72. The van der Waals surface area contributed by atoms with Gasteiger partial charge in [-0.15, -0.1) is 0 Å². The molecule has 0 aromatic heterocycles. The minimum Gasteiger partial charge on any atom is -0.508 e. The predicted molar refractivity (Wildman–Crippen MR) is 80.2 cm³/mol. The number of alkyl halides is 3. The molecule has 2 aromatic rings. The highest BCUT2D eigenvalue weighted by Gasteiger charge is 2.30. The fourth-order valence-corrected chi connectivity index (χ4v) is 2.69. The Morgan fingerprint density at radius 3 is 2.57 bits per heavy atom. The Morgan fingerprint density at radius 2 is 1.83 bits per heavy atom. The van der Waals surface area contributed by atoms with Crippen molar-refractivity contribution in [3.8, 4) is 5.75 Å². The van der Waals surface area contributed by atoms with Crippen LogP contribution in [0.15, 0.2) is 48.0 Å². The monoisotopic (exact) mass is 318 g/mol. The van der Waals surface area contributed by atoms with E-state index < -0.39 is 11.7 Å². The van der Waals surface area contributed by atoms with Crippen molar-refractivity contribution in [1.29, 1.82) is 0 Å². The smallest absolute Gasteiger partial charge is 0.416 e. The molecule has 0 unspecified atom stereocenters. The lowest BCUT2D eigenvalue weighted by molar-refractivity contribution is -0.137. The molecule has 0 radical (unpaired) electrons. The molecule has 0 bridgehead atoms. The zero-order chi connectivity index (χ0) is 16.6. The molecule has 2 aromatic carbocycles. The van der Waals surface area contributed by atoms with Gasteiger partial charge < -0.3 is 5.11 Å². The number of carbonyl (C=O) groups is 1. The Labute approximate surface area is 130 Å². The fourth-order valence-electron chi connectivity index (χ4n) is 2.69. The summed E-state index contributed by atoms with van der Waals surface area (Å²) in [7, 11) is 0. The summed E-state index contributed by atoms with van der Waals surface area (Å²) < 4.78 is 38.2. The summed E-state index contributed by atoms with van der Waals surface area (Å²) in [5, 5.41) is 9.51. The summed E-state index contributed by atoms with van der Waals surface area (Å²) in [5.74, 6) is -0.253.